The zero-order valence-corrected chi connectivity index (χ0v) is 21.6. The van der Waals surface area contributed by atoms with Crippen LogP contribution in [0.1, 0.15) is 84.8 Å². The van der Waals surface area contributed by atoms with Gasteiger partial charge in [0.2, 0.25) is 11.6 Å². The second kappa shape index (κ2) is 12.1. The molecule has 1 aliphatic rings. The molecule has 0 aliphatic heterocycles. The lowest BCUT2D eigenvalue weighted by Gasteiger charge is -2.30. The van der Waals surface area contributed by atoms with Crippen LogP contribution < -0.4 is 9.47 Å². The fourth-order valence-corrected chi connectivity index (χ4v) is 5.15. The van der Waals surface area contributed by atoms with E-state index in [1.807, 2.05) is 0 Å². The quantitative estimate of drug-likeness (QED) is 0.160. The summed E-state index contributed by atoms with van der Waals surface area (Å²) in [6.45, 7) is 3.65. The van der Waals surface area contributed by atoms with Crippen LogP contribution in [0.2, 0.25) is 0 Å². The standard InChI is InChI=1S/C30H28F6O3/c1-3-5-18-10-11-21(27(34)24(18)31)30(37)39-23-15-13-20(26(33)29(23)36)17-8-6-16(7-9-17)19-12-14-22(38-4-2)28(35)25(19)32/h10-17H,3-9H2,1-2H3. The maximum Gasteiger partial charge on any atom is 0.346 e. The Balaban J connectivity index is 1.46. The third kappa shape index (κ3) is 5.77. The zero-order valence-electron chi connectivity index (χ0n) is 21.6. The molecule has 9 heteroatoms. The van der Waals surface area contributed by atoms with Crippen LogP contribution in [0.15, 0.2) is 36.4 Å². The van der Waals surface area contributed by atoms with Crippen LogP contribution in [0, 0.1) is 34.9 Å². The van der Waals surface area contributed by atoms with Crippen molar-refractivity contribution in [2.24, 2.45) is 0 Å². The minimum absolute atomic E-state index is 0.0604. The molecule has 0 spiro atoms. The predicted molar refractivity (Wildman–Crippen MR) is 133 cm³/mol. The highest BCUT2D eigenvalue weighted by Crippen LogP contribution is 2.43. The number of ether oxygens (including phenoxy) is 2. The summed E-state index contributed by atoms with van der Waals surface area (Å²) in [5, 5.41) is 0. The number of hydrogen-bond acceptors (Lipinski definition) is 3. The number of esters is 1. The first kappa shape index (κ1) is 28.5. The van der Waals surface area contributed by atoms with Gasteiger partial charge in [0.05, 0.1) is 12.2 Å². The number of benzene rings is 3. The van der Waals surface area contributed by atoms with Gasteiger partial charge in [-0.25, -0.2) is 22.4 Å². The van der Waals surface area contributed by atoms with Gasteiger partial charge in [-0.15, -0.1) is 0 Å². The average Bonchev–Trinajstić information content (AvgIpc) is 2.93. The molecule has 3 aromatic rings. The molecule has 0 atom stereocenters. The van der Waals surface area contributed by atoms with Crippen molar-refractivity contribution in [2.75, 3.05) is 6.61 Å². The molecular formula is C30H28F6O3. The topological polar surface area (TPSA) is 35.5 Å². The van der Waals surface area contributed by atoms with Crippen molar-refractivity contribution in [1.82, 2.24) is 0 Å². The molecule has 4 rings (SSSR count). The number of carbonyl (C=O) groups excluding carboxylic acids is 1. The van der Waals surface area contributed by atoms with E-state index in [0.29, 0.717) is 32.1 Å². The second-order valence-electron chi connectivity index (χ2n) is 9.58. The molecule has 0 bridgehead atoms. The Morgan fingerprint density at radius 2 is 1.23 bits per heavy atom. The van der Waals surface area contributed by atoms with Crippen molar-refractivity contribution in [3.05, 3.63) is 93.6 Å². The summed E-state index contributed by atoms with van der Waals surface area (Å²) in [5.41, 5.74) is -0.356. The minimum Gasteiger partial charge on any atom is -0.491 e. The number of rotatable bonds is 8. The first-order valence-corrected chi connectivity index (χ1v) is 12.9. The minimum atomic E-state index is -1.42. The molecule has 0 saturated heterocycles. The van der Waals surface area contributed by atoms with E-state index in [0.717, 1.165) is 12.1 Å². The molecule has 0 unspecified atom stereocenters. The van der Waals surface area contributed by atoms with Crippen LogP contribution >= 0.6 is 0 Å². The van der Waals surface area contributed by atoms with Crippen molar-refractivity contribution in [2.45, 2.75) is 64.2 Å². The van der Waals surface area contributed by atoms with E-state index in [2.05, 4.69) is 0 Å². The molecule has 0 N–H and O–H groups in total. The normalized spacial score (nSPS) is 17.2. The van der Waals surface area contributed by atoms with Gasteiger partial charge in [-0.05, 0) is 85.8 Å². The first-order valence-electron chi connectivity index (χ1n) is 12.9. The highest BCUT2D eigenvalue weighted by Gasteiger charge is 2.30. The first-order chi connectivity index (χ1) is 18.7. The zero-order chi connectivity index (χ0) is 28.3. The lowest BCUT2D eigenvalue weighted by Crippen LogP contribution is -2.17. The molecule has 3 aromatic carbocycles. The van der Waals surface area contributed by atoms with E-state index in [1.165, 1.54) is 24.3 Å². The fraction of sp³-hybridized carbons (Fsp3) is 0.367. The monoisotopic (exact) mass is 550 g/mol. The van der Waals surface area contributed by atoms with Gasteiger partial charge in [0.25, 0.3) is 0 Å². The Morgan fingerprint density at radius 1 is 0.692 bits per heavy atom. The Labute approximate surface area is 222 Å². The fourth-order valence-electron chi connectivity index (χ4n) is 5.15. The lowest BCUT2D eigenvalue weighted by molar-refractivity contribution is 0.0720. The van der Waals surface area contributed by atoms with Crippen molar-refractivity contribution in [1.29, 1.82) is 0 Å². The van der Waals surface area contributed by atoms with Gasteiger partial charge in [0.15, 0.2) is 34.8 Å². The van der Waals surface area contributed by atoms with Crippen LogP contribution in [-0.4, -0.2) is 12.6 Å². The number of hydrogen-bond donors (Lipinski definition) is 0. The Bertz CT molecular complexity index is 1370. The highest BCUT2D eigenvalue weighted by atomic mass is 19.2. The molecule has 1 saturated carbocycles. The Morgan fingerprint density at radius 3 is 1.77 bits per heavy atom. The van der Waals surface area contributed by atoms with Crippen LogP contribution in [0.3, 0.4) is 0 Å². The second-order valence-corrected chi connectivity index (χ2v) is 9.58. The number of aryl methyl sites for hydroxylation is 1. The van der Waals surface area contributed by atoms with E-state index in [-0.39, 0.29) is 41.4 Å². The summed E-state index contributed by atoms with van der Waals surface area (Å²) in [7, 11) is 0. The molecule has 208 valence electrons. The smallest absolute Gasteiger partial charge is 0.346 e. The van der Waals surface area contributed by atoms with Crippen LogP contribution in [0.5, 0.6) is 11.5 Å². The van der Waals surface area contributed by atoms with Gasteiger partial charge < -0.3 is 9.47 Å². The van der Waals surface area contributed by atoms with Crippen molar-refractivity contribution in [3.8, 4) is 11.5 Å². The summed E-state index contributed by atoms with van der Waals surface area (Å²) >= 11 is 0. The maximum atomic E-state index is 15.0. The summed E-state index contributed by atoms with van der Waals surface area (Å²) in [6.07, 6.45) is 2.46. The van der Waals surface area contributed by atoms with Gasteiger partial charge in [0, 0.05) is 0 Å². The van der Waals surface area contributed by atoms with Gasteiger partial charge >= 0.3 is 5.97 Å². The van der Waals surface area contributed by atoms with E-state index >= 15 is 4.39 Å². The van der Waals surface area contributed by atoms with E-state index in [9.17, 15) is 26.7 Å². The van der Waals surface area contributed by atoms with Gasteiger partial charge in [-0.3, -0.25) is 0 Å². The van der Waals surface area contributed by atoms with E-state index < -0.39 is 58.1 Å². The maximum absolute atomic E-state index is 15.0. The number of halogens is 6. The SMILES string of the molecule is CCCc1ccc(C(=O)Oc2ccc(C3CCC(c4ccc(OCC)c(F)c4F)CC3)c(F)c2F)c(F)c1F. The summed E-state index contributed by atoms with van der Waals surface area (Å²) in [4.78, 5) is 12.4. The van der Waals surface area contributed by atoms with Crippen LogP contribution in [-0.2, 0) is 6.42 Å². The molecule has 1 fully saturated rings. The Kier molecular flexibility index (Phi) is 8.87. The van der Waals surface area contributed by atoms with E-state index in [1.54, 1.807) is 13.8 Å². The van der Waals surface area contributed by atoms with Crippen LogP contribution in [0.4, 0.5) is 26.3 Å². The van der Waals surface area contributed by atoms with Gasteiger partial charge in [0.1, 0.15) is 0 Å². The summed E-state index contributed by atoms with van der Waals surface area (Å²) in [5.74, 6) is -10.2. The largest absolute Gasteiger partial charge is 0.491 e. The van der Waals surface area contributed by atoms with Crippen LogP contribution in [0.25, 0.3) is 0 Å². The Hall–Kier alpha value is -3.49. The summed E-state index contributed by atoms with van der Waals surface area (Å²) in [6, 6.07) is 7.53. The third-order valence-electron chi connectivity index (χ3n) is 7.16. The molecule has 0 heterocycles. The van der Waals surface area contributed by atoms with Gasteiger partial charge in [-0.2, -0.15) is 8.78 Å². The van der Waals surface area contributed by atoms with Crippen molar-refractivity contribution < 1.29 is 40.6 Å². The number of carbonyl (C=O) groups is 1. The average molecular weight is 551 g/mol. The van der Waals surface area contributed by atoms with Crippen molar-refractivity contribution >= 4 is 5.97 Å². The van der Waals surface area contributed by atoms with Crippen molar-refractivity contribution in [3.63, 3.8) is 0 Å². The molecule has 1 aliphatic carbocycles. The van der Waals surface area contributed by atoms with Gasteiger partial charge in [-0.1, -0.05) is 31.5 Å². The molecule has 0 radical (unpaired) electrons. The highest BCUT2D eigenvalue weighted by molar-refractivity contribution is 5.91. The third-order valence-corrected chi connectivity index (χ3v) is 7.16. The predicted octanol–water partition coefficient (Wildman–Crippen LogP) is 8.53. The van der Waals surface area contributed by atoms with E-state index in [4.69, 9.17) is 9.47 Å². The molecule has 0 amide bonds. The molecule has 39 heavy (non-hydrogen) atoms. The molecule has 3 nitrogen and oxygen atoms in total. The molecule has 0 aromatic heterocycles. The molecular weight excluding hydrogens is 522 g/mol. The summed E-state index contributed by atoms with van der Waals surface area (Å²) < 4.78 is 97.4. The lowest BCUT2D eigenvalue weighted by atomic mass is 9.76.